The molecule has 0 spiro atoms. The van der Waals surface area contributed by atoms with Crippen molar-refractivity contribution in [2.45, 2.75) is 31.3 Å². The second-order valence-corrected chi connectivity index (χ2v) is 7.92. The van der Waals surface area contributed by atoms with Gasteiger partial charge in [-0.25, -0.2) is 14.1 Å². The summed E-state index contributed by atoms with van der Waals surface area (Å²) < 4.78 is 15.7. The summed E-state index contributed by atoms with van der Waals surface area (Å²) >= 11 is 6.11. The van der Waals surface area contributed by atoms with Crippen LogP contribution in [0.5, 0.6) is 0 Å². The van der Waals surface area contributed by atoms with E-state index in [0.717, 1.165) is 4.90 Å². The molecule has 2 N–H and O–H groups in total. The zero-order chi connectivity index (χ0) is 22.7. The third-order valence-electron chi connectivity index (χ3n) is 5.35. The molecular formula is C22H21ClFN5O3. The Labute approximate surface area is 188 Å². The number of nitrogens with zero attached hydrogens (tertiary/aromatic N) is 4. The third-order valence-corrected chi connectivity index (χ3v) is 5.58. The molecular weight excluding hydrogens is 437 g/mol. The number of carbonyl (C=O) groups is 2. The first kappa shape index (κ1) is 21.9. The highest BCUT2D eigenvalue weighted by molar-refractivity contribution is 6.30. The molecule has 1 saturated heterocycles. The molecule has 1 fully saturated rings. The van der Waals surface area contributed by atoms with Crippen molar-refractivity contribution < 1.29 is 19.1 Å². The quantitative estimate of drug-likeness (QED) is 0.591. The van der Waals surface area contributed by atoms with Crippen molar-refractivity contribution >= 4 is 23.4 Å². The smallest absolute Gasteiger partial charge is 0.256 e. The molecule has 10 heteroatoms. The minimum atomic E-state index is -1.47. The number of likely N-dealkylation sites (tertiary alicyclic amines) is 1. The number of amides is 2. The molecule has 32 heavy (non-hydrogen) atoms. The molecule has 166 valence electrons. The number of benzene rings is 2. The monoisotopic (exact) mass is 457 g/mol. The van der Waals surface area contributed by atoms with Crippen molar-refractivity contribution in [3.8, 4) is 5.69 Å². The Bertz CT molecular complexity index is 1100. The highest BCUT2D eigenvalue weighted by Crippen LogP contribution is 2.26. The topological polar surface area (TPSA) is 100 Å². The van der Waals surface area contributed by atoms with Crippen molar-refractivity contribution in [2.75, 3.05) is 6.54 Å². The maximum atomic E-state index is 14.2. The van der Waals surface area contributed by atoms with E-state index < -0.39 is 30.1 Å². The van der Waals surface area contributed by atoms with E-state index in [2.05, 4.69) is 15.4 Å². The van der Waals surface area contributed by atoms with Gasteiger partial charge in [-0.1, -0.05) is 41.9 Å². The standard InChI is InChI=1S/C22H21ClFN5O3/c23-16-6-7-18(29-13-25-12-27-29)15(8-16)10-26-21(31)19-9-17(24)11-28(19)22(32)20(30)14-4-2-1-3-5-14/h1-8,12-13,17,19-20,30H,9-11H2,(H,26,31)/t17-,19?,20-/m1/s1. The van der Waals surface area contributed by atoms with E-state index in [4.69, 9.17) is 11.6 Å². The van der Waals surface area contributed by atoms with E-state index in [1.165, 1.54) is 17.3 Å². The average Bonchev–Trinajstić information content (AvgIpc) is 3.47. The highest BCUT2D eigenvalue weighted by atomic mass is 35.5. The average molecular weight is 458 g/mol. The lowest BCUT2D eigenvalue weighted by molar-refractivity contribution is -0.145. The van der Waals surface area contributed by atoms with Crippen LogP contribution in [0.3, 0.4) is 0 Å². The zero-order valence-corrected chi connectivity index (χ0v) is 17.7. The van der Waals surface area contributed by atoms with Gasteiger partial charge in [0.1, 0.15) is 24.9 Å². The molecule has 1 aliphatic rings. The molecule has 3 aromatic rings. The molecule has 0 radical (unpaired) electrons. The van der Waals surface area contributed by atoms with E-state index in [-0.39, 0.29) is 19.5 Å². The maximum absolute atomic E-state index is 14.2. The molecule has 0 aliphatic carbocycles. The predicted octanol–water partition coefficient (Wildman–Crippen LogP) is 2.21. The Hall–Kier alpha value is -3.30. The molecule has 2 aromatic carbocycles. The summed E-state index contributed by atoms with van der Waals surface area (Å²) in [6, 6.07) is 12.5. The van der Waals surface area contributed by atoms with E-state index in [9.17, 15) is 19.1 Å². The zero-order valence-electron chi connectivity index (χ0n) is 16.9. The Morgan fingerprint density at radius 3 is 2.75 bits per heavy atom. The molecule has 4 rings (SSSR count). The molecule has 3 atom stereocenters. The lowest BCUT2D eigenvalue weighted by Crippen LogP contribution is -2.47. The van der Waals surface area contributed by atoms with Gasteiger partial charge in [-0.15, -0.1) is 0 Å². The summed E-state index contributed by atoms with van der Waals surface area (Å²) in [4.78, 5) is 30.8. The molecule has 2 heterocycles. The molecule has 0 saturated carbocycles. The van der Waals surface area contributed by atoms with Gasteiger partial charge in [-0.05, 0) is 29.3 Å². The Balaban J connectivity index is 1.48. The minimum absolute atomic E-state index is 0.0886. The van der Waals surface area contributed by atoms with Crippen molar-refractivity contribution in [1.29, 1.82) is 0 Å². The molecule has 8 nitrogen and oxygen atoms in total. The molecule has 1 aromatic heterocycles. The first-order valence-electron chi connectivity index (χ1n) is 10.0. The summed E-state index contributed by atoms with van der Waals surface area (Å²) in [5.74, 6) is -1.22. The van der Waals surface area contributed by atoms with Crippen molar-refractivity contribution in [3.63, 3.8) is 0 Å². The van der Waals surface area contributed by atoms with Crippen LogP contribution in [0.2, 0.25) is 5.02 Å². The van der Waals surface area contributed by atoms with Crippen LogP contribution >= 0.6 is 11.6 Å². The van der Waals surface area contributed by atoms with Gasteiger partial charge in [0.2, 0.25) is 5.91 Å². The number of rotatable bonds is 6. The van der Waals surface area contributed by atoms with Gasteiger partial charge in [0.05, 0.1) is 12.2 Å². The Morgan fingerprint density at radius 2 is 2.03 bits per heavy atom. The fraction of sp³-hybridized carbons (Fsp3) is 0.273. The van der Waals surface area contributed by atoms with Crippen LogP contribution < -0.4 is 5.32 Å². The molecule has 1 unspecified atom stereocenters. The highest BCUT2D eigenvalue weighted by Gasteiger charge is 2.41. The number of nitrogens with one attached hydrogen (secondary N) is 1. The van der Waals surface area contributed by atoms with Gasteiger partial charge in [-0.2, -0.15) is 5.10 Å². The maximum Gasteiger partial charge on any atom is 0.256 e. The second kappa shape index (κ2) is 9.46. The number of aliphatic hydroxyl groups is 1. The number of halogens is 2. The summed E-state index contributed by atoms with van der Waals surface area (Å²) in [6.07, 6.45) is -0.0497. The lowest BCUT2D eigenvalue weighted by Gasteiger charge is -2.26. The lowest BCUT2D eigenvalue weighted by atomic mass is 10.1. The summed E-state index contributed by atoms with van der Waals surface area (Å²) in [7, 11) is 0. The number of hydrogen-bond donors (Lipinski definition) is 2. The van der Waals surface area contributed by atoms with Crippen LogP contribution in [0, 0.1) is 0 Å². The SMILES string of the molecule is O=C(NCc1cc(Cl)ccc1-n1cncn1)C1C[C@@H](F)CN1C(=O)[C@H](O)c1ccccc1. The van der Waals surface area contributed by atoms with Crippen LogP contribution in [0.1, 0.15) is 23.7 Å². The number of hydrogen-bond acceptors (Lipinski definition) is 5. The van der Waals surface area contributed by atoms with E-state index in [1.54, 1.807) is 48.5 Å². The van der Waals surface area contributed by atoms with Gasteiger partial charge in [0, 0.05) is 18.0 Å². The molecule has 1 aliphatic heterocycles. The van der Waals surface area contributed by atoms with Crippen molar-refractivity contribution in [3.05, 3.63) is 77.3 Å². The van der Waals surface area contributed by atoms with Gasteiger partial charge in [-0.3, -0.25) is 9.59 Å². The number of alkyl halides is 1. The number of aliphatic hydroxyl groups excluding tert-OH is 1. The normalized spacial score (nSPS) is 19.0. The van der Waals surface area contributed by atoms with Crippen molar-refractivity contribution in [1.82, 2.24) is 25.0 Å². The van der Waals surface area contributed by atoms with Gasteiger partial charge < -0.3 is 15.3 Å². The van der Waals surface area contributed by atoms with E-state index in [0.29, 0.717) is 21.8 Å². The van der Waals surface area contributed by atoms with Gasteiger partial charge in [0.25, 0.3) is 5.91 Å². The predicted molar refractivity (Wildman–Crippen MR) is 115 cm³/mol. The number of aromatic nitrogens is 3. The molecule has 2 amide bonds. The van der Waals surface area contributed by atoms with Crippen LogP contribution in [-0.2, 0) is 16.1 Å². The minimum Gasteiger partial charge on any atom is -0.378 e. The van der Waals surface area contributed by atoms with Gasteiger partial charge in [0.15, 0.2) is 6.10 Å². The second-order valence-electron chi connectivity index (χ2n) is 7.48. The van der Waals surface area contributed by atoms with Crippen LogP contribution in [-0.4, -0.2) is 55.3 Å². The fourth-order valence-electron chi connectivity index (χ4n) is 3.76. The first-order chi connectivity index (χ1) is 15.4. The summed E-state index contributed by atoms with van der Waals surface area (Å²) in [6.45, 7) is -0.159. The largest absolute Gasteiger partial charge is 0.378 e. The summed E-state index contributed by atoms with van der Waals surface area (Å²) in [5, 5.41) is 17.8. The van der Waals surface area contributed by atoms with E-state index >= 15 is 0 Å². The molecule has 0 bridgehead atoms. The van der Waals surface area contributed by atoms with Gasteiger partial charge >= 0.3 is 0 Å². The van der Waals surface area contributed by atoms with E-state index in [1.807, 2.05) is 0 Å². The van der Waals surface area contributed by atoms with Crippen LogP contribution in [0.15, 0.2) is 61.2 Å². The first-order valence-corrected chi connectivity index (χ1v) is 10.4. The Morgan fingerprint density at radius 1 is 1.25 bits per heavy atom. The number of carbonyl (C=O) groups excluding carboxylic acids is 2. The summed E-state index contributed by atoms with van der Waals surface area (Å²) in [5.41, 5.74) is 1.73. The van der Waals surface area contributed by atoms with Crippen molar-refractivity contribution in [2.24, 2.45) is 0 Å². The van der Waals surface area contributed by atoms with Crippen LogP contribution in [0.4, 0.5) is 4.39 Å². The Kier molecular flexibility index (Phi) is 6.48. The third kappa shape index (κ3) is 4.63. The fourth-order valence-corrected chi connectivity index (χ4v) is 3.96. The van der Waals surface area contributed by atoms with Crippen LogP contribution in [0.25, 0.3) is 5.69 Å².